The van der Waals surface area contributed by atoms with E-state index in [9.17, 15) is 4.79 Å². The Morgan fingerprint density at radius 1 is 1.55 bits per heavy atom. The van der Waals surface area contributed by atoms with Crippen LogP contribution < -0.4 is 5.32 Å². The summed E-state index contributed by atoms with van der Waals surface area (Å²) < 4.78 is 7.89. The van der Waals surface area contributed by atoms with Gasteiger partial charge in [0.1, 0.15) is 5.76 Å². The quantitative estimate of drug-likeness (QED) is 0.908. The van der Waals surface area contributed by atoms with Crippen molar-refractivity contribution >= 4 is 21.8 Å². The Morgan fingerprint density at radius 2 is 2.30 bits per heavy atom. The lowest BCUT2D eigenvalue weighted by Crippen LogP contribution is -2.24. The number of carbonyl (C=O) groups excluding carboxylic acids is 1. The fraction of sp³-hybridized carbons (Fsp3) is 0.462. The van der Waals surface area contributed by atoms with E-state index < -0.39 is 0 Å². The number of carbonyl (C=O) groups is 1. The summed E-state index contributed by atoms with van der Waals surface area (Å²) in [6.45, 7) is 6.97. The predicted molar refractivity (Wildman–Crippen MR) is 77.4 cm³/mol. The standard InChI is InChI=1S/C13H17BrN4O2/c1-4-18-7-9(14)12(17-18)13(19)16-6-11-15-5-10(20-11)8(2)3/h5,7-8H,4,6H2,1-3H3,(H,16,19). The summed E-state index contributed by atoms with van der Waals surface area (Å²) in [5.41, 5.74) is 0.363. The molecule has 0 aliphatic carbocycles. The first-order chi connectivity index (χ1) is 9.51. The van der Waals surface area contributed by atoms with Gasteiger partial charge in [0.05, 0.1) is 17.2 Å². The van der Waals surface area contributed by atoms with Gasteiger partial charge in [-0.25, -0.2) is 4.98 Å². The van der Waals surface area contributed by atoms with Crippen molar-refractivity contribution in [1.82, 2.24) is 20.1 Å². The molecule has 0 radical (unpaired) electrons. The number of rotatable bonds is 5. The largest absolute Gasteiger partial charge is 0.444 e. The van der Waals surface area contributed by atoms with E-state index in [0.717, 1.165) is 5.76 Å². The molecule has 0 aliphatic rings. The Balaban J connectivity index is 1.99. The molecule has 2 aromatic heterocycles. The van der Waals surface area contributed by atoms with Crippen LogP contribution in [0, 0.1) is 0 Å². The molecule has 0 unspecified atom stereocenters. The Morgan fingerprint density at radius 3 is 2.85 bits per heavy atom. The van der Waals surface area contributed by atoms with Gasteiger partial charge >= 0.3 is 0 Å². The number of hydrogen-bond acceptors (Lipinski definition) is 4. The monoisotopic (exact) mass is 340 g/mol. The molecular formula is C13H17BrN4O2. The van der Waals surface area contributed by atoms with Crippen LogP contribution in [0.25, 0.3) is 0 Å². The fourth-order valence-electron chi connectivity index (χ4n) is 1.63. The van der Waals surface area contributed by atoms with E-state index in [1.165, 1.54) is 0 Å². The molecule has 20 heavy (non-hydrogen) atoms. The maximum absolute atomic E-state index is 12.0. The Bertz CT molecular complexity index is 603. The highest BCUT2D eigenvalue weighted by molar-refractivity contribution is 9.10. The van der Waals surface area contributed by atoms with Crippen LogP contribution in [0.2, 0.25) is 0 Å². The second-order valence-corrected chi connectivity index (χ2v) is 5.53. The average Bonchev–Trinajstić information content (AvgIpc) is 3.02. The molecule has 0 saturated carbocycles. The van der Waals surface area contributed by atoms with Crippen molar-refractivity contribution in [3.63, 3.8) is 0 Å². The fourth-order valence-corrected chi connectivity index (χ4v) is 2.12. The summed E-state index contributed by atoms with van der Waals surface area (Å²) in [6, 6.07) is 0. The Hall–Kier alpha value is -1.63. The second kappa shape index (κ2) is 6.21. The molecule has 1 N–H and O–H groups in total. The van der Waals surface area contributed by atoms with Crippen LogP contribution in [-0.2, 0) is 13.1 Å². The van der Waals surface area contributed by atoms with Crippen LogP contribution >= 0.6 is 15.9 Å². The average molecular weight is 341 g/mol. The first kappa shape index (κ1) is 14.8. The third-order valence-corrected chi connectivity index (χ3v) is 3.38. The van der Waals surface area contributed by atoms with Gasteiger partial charge in [-0.1, -0.05) is 13.8 Å². The zero-order valence-corrected chi connectivity index (χ0v) is 13.3. The molecular weight excluding hydrogens is 324 g/mol. The number of amides is 1. The van der Waals surface area contributed by atoms with Crippen LogP contribution in [0.5, 0.6) is 0 Å². The summed E-state index contributed by atoms with van der Waals surface area (Å²) in [6.07, 6.45) is 3.46. The number of nitrogens with one attached hydrogen (secondary N) is 1. The van der Waals surface area contributed by atoms with Crippen molar-refractivity contribution in [3.05, 3.63) is 34.2 Å². The van der Waals surface area contributed by atoms with Crippen molar-refractivity contribution in [2.24, 2.45) is 0 Å². The zero-order chi connectivity index (χ0) is 14.7. The lowest BCUT2D eigenvalue weighted by Gasteiger charge is -2.01. The molecule has 0 aliphatic heterocycles. The molecule has 6 nitrogen and oxygen atoms in total. The summed E-state index contributed by atoms with van der Waals surface area (Å²) in [7, 11) is 0. The minimum Gasteiger partial charge on any atom is -0.444 e. The van der Waals surface area contributed by atoms with Crippen molar-refractivity contribution in [2.75, 3.05) is 0 Å². The van der Waals surface area contributed by atoms with Gasteiger partial charge in [0, 0.05) is 18.7 Å². The van der Waals surface area contributed by atoms with E-state index >= 15 is 0 Å². The third-order valence-electron chi connectivity index (χ3n) is 2.80. The molecule has 0 fully saturated rings. The van der Waals surface area contributed by atoms with Crippen LogP contribution in [-0.4, -0.2) is 20.7 Å². The van der Waals surface area contributed by atoms with E-state index in [0.29, 0.717) is 22.6 Å². The van der Waals surface area contributed by atoms with E-state index in [1.807, 2.05) is 20.8 Å². The first-order valence-electron chi connectivity index (χ1n) is 6.47. The molecule has 108 valence electrons. The van der Waals surface area contributed by atoms with Crippen LogP contribution in [0.15, 0.2) is 21.3 Å². The molecule has 0 atom stereocenters. The van der Waals surface area contributed by atoms with Gasteiger partial charge < -0.3 is 9.73 Å². The van der Waals surface area contributed by atoms with Crippen molar-refractivity contribution in [1.29, 1.82) is 0 Å². The number of aromatic nitrogens is 3. The summed E-state index contributed by atoms with van der Waals surface area (Å²) >= 11 is 3.32. The van der Waals surface area contributed by atoms with E-state index in [4.69, 9.17) is 4.42 Å². The van der Waals surface area contributed by atoms with Gasteiger partial charge in [-0.15, -0.1) is 0 Å². The number of hydrogen-bond donors (Lipinski definition) is 1. The Labute approximate surface area is 125 Å². The molecule has 0 spiro atoms. The molecule has 0 saturated heterocycles. The molecule has 2 rings (SSSR count). The molecule has 0 bridgehead atoms. The number of halogens is 1. The highest BCUT2D eigenvalue weighted by atomic mass is 79.9. The molecule has 7 heteroatoms. The van der Waals surface area contributed by atoms with Crippen LogP contribution in [0.1, 0.15) is 48.8 Å². The van der Waals surface area contributed by atoms with Crippen molar-refractivity contribution in [3.8, 4) is 0 Å². The highest BCUT2D eigenvalue weighted by Gasteiger charge is 2.15. The third kappa shape index (κ3) is 3.27. The normalized spacial score (nSPS) is 11.1. The number of oxazole rings is 1. The van der Waals surface area contributed by atoms with E-state index in [-0.39, 0.29) is 18.4 Å². The number of nitrogens with zero attached hydrogens (tertiary/aromatic N) is 3. The summed E-state index contributed by atoms with van der Waals surface area (Å²) in [5.74, 6) is 1.33. The maximum Gasteiger partial charge on any atom is 0.273 e. The molecule has 1 amide bonds. The molecule has 2 heterocycles. The van der Waals surface area contributed by atoms with Gasteiger partial charge in [0.25, 0.3) is 5.91 Å². The maximum atomic E-state index is 12.0. The Kier molecular flexibility index (Phi) is 4.59. The lowest BCUT2D eigenvalue weighted by molar-refractivity contribution is 0.0940. The minimum absolute atomic E-state index is 0.247. The summed E-state index contributed by atoms with van der Waals surface area (Å²) in [5, 5.41) is 6.93. The zero-order valence-electron chi connectivity index (χ0n) is 11.7. The minimum atomic E-state index is -0.256. The molecule has 0 aromatic carbocycles. The predicted octanol–water partition coefficient (Wildman–Crippen LogP) is 2.71. The van der Waals surface area contributed by atoms with E-state index in [2.05, 4.69) is 31.3 Å². The van der Waals surface area contributed by atoms with Gasteiger partial charge in [-0.05, 0) is 22.9 Å². The van der Waals surface area contributed by atoms with Crippen LogP contribution in [0.4, 0.5) is 0 Å². The number of aryl methyl sites for hydroxylation is 1. The van der Waals surface area contributed by atoms with Gasteiger partial charge in [-0.2, -0.15) is 5.10 Å². The van der Waals surface area contributed by atoms with Crippen molar-refractivity contribution in [2.45, 2.75) is 39.8 Å². The van der Waals surface area contributed by atoms with E-state index in [1.54, 1.807) is 17.1 Å². The van der Waals surface area contributed by atoms with Crippen LogP contribution in [0.3, 0.4) is 0 Å². The topological polar surface area (TPSA) is 73.0 Å². The lowest BCUT2D eigenvalue weighted by atomic mass is 10.2. The highest BCUT2D eigenvalue weighted by Crippen LogP contribution is 2.16. The van der Waals surface area contributed by atoms with Gasteiger partial charge in [0.2, 0.25) is 5.89 Å². The van der Waals surface area contributed by atoms with Gasteiger partial charge in [-0.3, -0.25) is 9.48 Å². The summed E-state index contributed by atoms with van der Waals surface area (Å²) in [4.78, 5) is 16.2. The first-order valence-corrected chi connectivity index (χ1v) is 7.26. The second-order valence-electron chi connectivity index (χ2n) is 4.68. The van der Waals surface area contributed by atoms with Crippen molar-refractivity contribution < 1.29 is 9.21 Å². The SMILES string of the molecule is CCn1cc(Br)c(C(=O)NCc2ncc(C(C)C)o2)n1. The van der Waals surface area contributed by atoms with Gasteiger partial charge in [0.15, 0.2) is 5.69 Å². The smallest absolute Gasteiger partial charge is 0.273 e. The molecule has 2 aromatic rings.